The monoisotopic (exact) mass is 392 g/mol. The number of pyridine rings is 1. The van der Waals surface area contributed by atoms with Gasteiger partial charge < -0.3 is 15.0 Å². The van der Waals surface area contributed by atoms with E-state index in [9.17, 15) is 0 Å². The standard InChI is InChI=1S/C22H21ClN4O/c1-12-6-7-14(8-16(12)23)9-28-10-18-13(2)15-4-3-5-17-19(15)21-20(22(24)26-17)25-11-27(18)21/h3-8,11,13,18H,9-10H2,1-2H3,(H2,24,26). The second-order valence-electron chi connectivity index (χ2n) is 7.54. The van der Waals surface area contributed by atoms with Gasteiger partial charge in [-0.2, -0.15) is 0 Å². The first-order valence-electron chi connectivity index (χ1n) is 9.42. The molecule has 0 amide bonds. The topological polar surface area (TPSA) is 66.0 Å². The lowest BCUT2D eigenvalue weighted by molar-refractivity contribution is 0.0836. The number of nitrogen functional groups attached to an aromatic ring is 1. The molecule has 3 heterocycles. The van der Waals surface area contributed by atoms with Gasteiger partial charge in [-0.1, -0.05) is 42.8 Å². The van der Waals surface area contributed by atoms with Gasteiger partial charge >= 0.3 is 0 Å². The van der Waals surface area contributed by atoms with Crippen molar-refractivity contribution >= 4 is 39.4 Å². The Labute approximate surface area is 168 Å². The SMILES string of the molecule is Cc1ccc(COCC2C(C)c3cccc4nc(N)c5ncn2c5c34)cc1Cl. The Balaban J connectivity index is 1.49. The van der Waals surface area contributed by atoms with Gasteiger partial charge in [0.2, 0.25) is 0 Å². The second kappa shape index (κ2) is 6.47. The highest BCUT2D eigenvalue weighted by Crippen LogP contribution is 2.43. The van der Waals surface area contributed by atoms with Crippen LogP contribution < -0.4 is 5.73 Å². The van der Waals surface area contributed by atoms with E-state index in [1.807, 2.05) is 37.5 Å². The van der Waals surface area contributed by atoms with E-state index in [2.05, 4.69) is 33.6 Å². The second-order valence-corrected chi connectivity index (χ2v) is 7.95. The smallest absolute Gasteiger partial charge is 0.152 e. The minimum atomic E-state index is 0.144. The first-order valence-corrected chi connectivity index (χ1v) is 9.80. The predicted molar refractivity (Wildman–Crippen MR) is 113 cm³/mol. The molecule has 4 aromatic rings. The molecule has 0 spiro atoms. The molecule has 0 saturated heterocycles. The van der Waals surface area contributed by atoms with Crippen molar-refractivity contribution in [2.24, 2.45) is 0 Å². The zero-order chi connectivity index (χ0) is 19.4. The summed E-state index contributed by atoms with van der Waals surface area (Å²) < 4.78 is 8.32. The molecule has 28 heavy (non-hydrogen) atoms. The van der Waals surface area contributed by atoms with Gasteiger partial charge in [0.05, 0.1) is 36.6 Å². The highest BCUT2D eigenvalue weighted by Gasteiger charge is 2.31. The number of aromatic nitrogens is 3. The number of nitrogens with zero attached hydrogens (tertiary/aromatic N) is 3. The van der Waals surface area contributed by atoms with Crippen molar-refractivity contribution in [2.45, 2.75) is 32.4 Å². The van der Waals surface area contributed by atoms with Crippen LogP contribution >= 0.6 is 11.6 Å². The van der Waals surface area contributed by atoms with Crippen LogP contribution in [0.4, 0.5) is 5.82 Å². The molecule has 5 nitrogen and oxygen atoms in total. The van der Waals surface area contributed by atoms with Crippen LogP contribution in [0.15, 0.2) is 42.7 Å². The molecule has 1 aliphatic rings. The summed E-state index contributed by atoms with van der Waals surface area (Å²) in [5.74, 6) is 0.752. The minimum Gasteiger partial charge on any atom is -0.382 e. The van der Waals surface area contributed by atoms with Gasteiger partial charge in [0.25, 0.3) is 0 Å². The van der Waals surface area contributed by atoms with Gasteiger partial charge in [-0.3, -0.25) is 0 Å². The Kier molecular flexibility index (Phi) is 4.03. The fraction of sp³-hybridized carbons (Fsp3) is 0.273. The average Bonchev–Trinajstić information content (AvgIpc) is 3.13. The Hall–Kier alpha value is -2.63. The van der Waals surface area contributed by atoms with Crippen LogP contribution in [0.1, 0.15) is 35.6 Å². The Bertz CT molecular complexity index is 1220. The first kappa shape index (κ1) is 17.5. The molecule has 0 fully saturated rings. The maximum Gasteiger partial charge on any atom is 0.152 e. The summed E-state index contributed by atoms with van der Waals surface area (Å²) in [5, 5.41) is 1.92. The molecule has 5 rings (SSSR count). The van der Waals surface area contributed by atoms with Crippen molar-refractivity contribution in [3.63, 3.8) is 0 Å². The van der Waals surface area contributed by atoms with Crippen molar-refractivity contribution < 1.29 is 4.74 Å². The average molecular weight is 393 g/mol. The molecule has 2 atom stereocenters. The summed E-state index contributed by atoms with van der Waals surface area (Å²) in [6, 6.07) is 12.4. The van der Waals surface area contributed by atoms with Crippen LogP contribution in [-0.4, -0.2) is 21.1 Å². The number of hydrogen-bond acceptors (Lipinski definition) is 4. The van der Waals surface area contributed by atoms with E-state index in [0.29, 0.717) is 19.0 Å². The van der Waals surface area contributed by atoms with Crippen LogP contribution in [0, 0.1) is 6.92 Å². The lowest BCUT2D eigenvalue weighted by Gasteiger charge is -2.31. The van der Waals surface area contributed by atoms with Gasteiger partial charge in [-0.05, 0) is 35.7 Å². The number of anilines is 1. The summed E-state index contributed by atoms with van der Waals surface area (Å²) in [4.78, 5) is 9.09. The summed E-state index contributed by atoms with van der Waals surface area (Å²) >= 11 is 6.23. The number of halogens is 1. The number of benzene rings is 2. The fourth-order valence-corrected chi connectivity index (χ4v) is 4.42. The molecule has 2 N–H and O–H groups in total. The van der Waals surface area contributed by atoms with Crippen LogP contribution in [0.5, 0.6) is 0 Å². The van der Waals surface area contributed by atoms with Gasteiger partial charge in [-0.15, -0.1) is 0 Å². The molecule has 0 bridgehead atoms. The fourth-order valence-electron chi connectivity index (χ4n) is 4.21. The first-order chi connectivity index (χ1) is 13.5. The normalized spacial score (nSPS) is 18.4. The molecule has 2 aromatic heterocycles. The quantitative estimate of drug-likeness (QED) is 0.530. The molecular formula is C22H21ClN4O. The maximum atomic E-state index is 6.23. The molecule has 6 heteroatoms. The molecule has 1 aliphatic heterocycles. The lowest BCUT2D eigenvalue weighted by Crippen LogP contribution is -2.24. The van der Waals surface area contributed by atoms with Crippen LogP contribution in [0.3, 0.4) is 0 Å². The van der Waals surface area contributed by atoms with Gasteiger partial charge in [0, 0.05) is 16.3 Å². The zero-order valence-corrected chi connectivity index (χ0v) is 16.6. The number of imidazole rings is 1. The Morgan fingerprint density at radius 3 is 2.93 bits per heavy atom. The summed E-state index contributed by atoms with van der Waals surface area (Å²) in [6.45, 7) is 5.34. The Morgan fingerprint density at radius 1 is 1.25 bits per heavy atom. The van der Waals surface area contributed by atoms with Crippen molar-refractivity contribution in [1.82, 2.24) is 14.5 Å². The molecule has 2 aromatic carbocycles. The number of rotatable bonds is 4. The highest BCUT2D eigenvalue weighted by molar-refractivity contribution is 6.31. The van der Waals surface area contributed by atoms with Gasteiger partial charge in [0.1, 0.15) is 5.52 Å². The van der Waals surface area contributed by atoms with Crippen molar-refractivity contribution in [2.75, 3.05) is 12.3 Å². The zero-order valence-electron chi connectivity index (χ0n) is 15.8. The molecule has 0 radical (unpaired) electrons. The highest BCUT2D eigenvalue weighted by atomic mass is 35.5. The molecular weight excluding hydrogens is 372 g/mol. The molecule has 0 saturated carbocycles. The van der Waals surface area contributed by atoms with E-state index < -0.39 is 0 Å². The number of hydrogen-bond donors (Lipinski definition) is 1. The van der Waals surface area contributed by atoms with E-state index in [-0.39, 0.29) is 12.0 Å². The number of ether oxygens (including phenoxy) is 1. The van der Waals surface area contributed by atoms with Crippen LogP contribution in [0.25, 0.3) is 21.9 Å². The van der Waals surface area contributed by atoms with Crippen molar-refractivity contribution in [3.05, 3.63) is 64.4 Å². The summed E-state index contributed by atoms with van der Waals surface area (Å²) in [6.07, 6.45) is 1.87. The van der Waals surface area contributed by atoms with E-state index in [1.54, 1.807) is 0 Å². The maximum absolute atomic E-state index is 6.23. The summed E-state index contributed by atoms with van der Waals surface area (Å²) in [5.41, 5.74) is 12.3. The van der Waals surface area contributed by atoms with E-state index >= 15 is 0 Å². The lowest BCUT2D eigenvalue weighted by atomic mass is 9.87. The van der Waals surface area contributed by atoms with Crippen molar-refractivity contribution in [1.29, 1.82) is 0 Å². The summed E-state index contributed by atoms with van der Waals surface area (Å²) in [7, 11) is 0. The molecule has 142 valence electrons. The predicted octanol–water partition coefficient (Wildman–Crippen LogP) is 5.00. The minimum absolute atomic E-state index is 0.144. The third-order valence-corrected chi connectivity index (χ3v) is 6.21. The third kappa shape index (κ3) is 2.58. The number of nitrogens with two attached hydrogens (primary N) is 1. The van der Waals surface area contributed by atoms with Crippen LogP contribution in [0.2, 0.25) is 5.02 Å². The Morgan fingerprint density at radius 2 is 2.11 bits per heavy atom. The van der Waals surface area contributed by atoms with E-state index in [4.69, 9.17) is 22.1 Å². The molecule has 2 unspecified atom stereocenters. The van der Waals surface area contributed by atoms with E-state index in [0.717, 1.165) is 38.1 Å². The van der Waals surface area contributed by atoms with Crippen LogP contribution in [-0.2, 0) is 11.3 Å². The van der Waals surface area contributed by atoms with E-state index in [1.165, 1.54) is 5.56 Å². The van der Waals surface area contributed by atoms with Gasteiger partial charge in [-0.25, -0.2) is 9.97 Å². The third-order valence-electron chi connectivity index (χ3n) is 5.81. The van der Waals surface area contributed by atoms with Crippen molar-refractivity contribution in [3.8, 4) is 0 Å². The molecule has 0 aliphatic carbocycles. The largest absolute Gasteiger partial charge is 0.382 e. The number of aryl methyl sites for hydroxylation is 1. The van der Waals surface area contributed by atoms with Gasteiger partial charge in [0.15, 0.2) is 5.82 Å².